The van der Waals surface area contributed by atoms with E-state index >= 15 is 0 Å². The van der Waals surface area contributed by atoms with Gasteiger partial charge in [0, 0.05) is 0 Å². The van der Waals surface area contributed by atoms with Crippen LogP contribution in [0.15, 0.2) is 48.5 Å². The van der Waals surface area contributed by atoms with Crippen LogP contribution in [0, 0.1) is 27.7 Å². The van der Waals surface area contributed by atoms with Crippen LogP contribution in [-0.4, -0.2) is 22.3 Å². The number of rotatable bonds is 5. The van der Waals surface area contributed by atoms with E-state index in [0.29, 0.717) is 5.75 Å². The number of amides is 1. The summed E-state index contributed by atoms with van der Waals surface area (Å²) < 4.78 is 7.38. The van der Waals surface area contributed by atoms with Crippen molar-refractivity contribution in [1.82, 2.24) is 9.78 Å². The molecule has 1 N–H and O–H groups in total. The Labute approximate surface area is 153 Å². The van der Waals surface area contributed by atoms with Crippen LogP contribution < -0.4 is 10.1 Å². The molecule has 26 heavy (non-hydrogen) atoms. The number of carbonyl (C=O) groups is 1. The SMILES string of the molecule is Cc1ccc(OCC(=O)Nc2c(C)nn(-c3ccc(C)cc3)c2C)cc1. The summed E-state index contributed by atoms with van der Waals surface area (Å²) in [5.41, 5.74) is 5.69. The van der Waals surface area contributed by atoms with Crippen LogP contribution in [0.5, 0.6) is 5.75 Å². The Morgan fingerprint density at radius 1 is 0.962 bits per heavy atom. The van der Waals surface area contributed by atoms with Gasteiger partial charge in [0.05, 0.1) is 22.8 Å². The lowest BCUT2D eigenvalue weighted by molar-refractivity contribution is -0.118. The Kier molecular flexibility index (Phi) is 5.07. The number of nitrogens with zero attached hydrogens (tertiary/aromatic N) is 2. The van der Waals surface area contributed by atoms with Crippen molar-refractivity contribution in [3.8, 4) is 11.4 Å². The zero-order valence-electron chi connectivity index (χ0n) is 15.5. The fourth-order valence-corrected chi connectivity index (χ4v) is 2.72. The van der Waals surface area contributed by atoms with Crippen LogP contribution >= 0.6 is 0 Å². The quantitative estimate of drug-likeness (QED) is 0.754. The molecule has 0 aliphatic rings. The van der Waals surface area contributed by atoms with Gasteiger partial charge in [0.15, 0.2) is 6.61 Å². The van der Waals surface area contributed by atoms with E-state index in [1.54, 1.807) is 0 Å². The summed E-state index contributed by atoms with van der Waals surface area (Å²) in [4.78, 5) is 12.3. The number of anilines is 1. The minimum atomic E-state index is -0.208. The van der Waals surface area contributed by atoms with Gasteiger partial charge in [0.25, 0.3) is 5.91 Å². The van der Waals surface area contributed by atoms with Crippen molar-refractivity contribution >= 4 is 11.6 Å². The number of ether oxygens (including phenoxy) is 1. The third-order valence-electron chi connectivity index (χ3n) is 4.23. The van der Waals surface area contributed by atoms with Gasteiger partial charge in [0.1, 0.15) is 5.75 Å². The Morgan fingerprint density at radius 2 is 1.54 bits per heavy atom. The Hall–Kier alpha value is -3.08. The second-order valence-electron chi connectivity index (χ2n) is 6.44. The summed E-state index contributed by atoms with van der Waals surface area (Å²) in [6.45, 7) is 7.83. The average Bonchev–Trinajstić information content (AvgIpc) is 2.90. The zero-order valence-corrected chi connectivity index (χ0v) is 15.5. The number of aryl methyl sites for hydroxylation is 3. The highest BCUT2D eigenvalue weighted by Crippen LogP contribution is 2.23. The maximum atomic E-state index is 12.3. The van der Waals surface area contributed by atoms with Crippen LogP contribution in [0.1, 0.15) is 22.5 Å². The van der Waals surface area contributed by atoms with Crippen molar-refractivity contribution in [1.29, 1.82) is 0 Å². The highest BCUT2D eigenvalue weighted by molar-refractivity contribution is 5.93. The first-order valence-corrected chi connectivity index (χ1v) is 8.56. The van der Waals surface area contributed by atoms with Gasteiger partial charge in [-0.2, -0.15) is 5.10 Å². The highest BCUT2D eigenvalue weighted by atomic mass is 16.5. The van der Waals surface area contributed by atoms with E-state index in [-0.39, 0.29) is 12.5 Å². The van der Waals surface area contributed by atoms with Crippen molar-refractivity contribution in [2.24, 2.45) is 0 Å². The van der Waals surface area contributed by atoms with E-state index < -0.39 is 0 Å². The molecule has 0 atom stereocenters. The van der Waals surface area contributed by atoms with Crippen LogP contribution in [0.3, 0.4) is 0 Å². The molecule has 0 fully saturated rings. The van der Waals surface area contributed by atoms with E-state index in [9.17, 15) is 4.79 Å². The van der Waals surface area contributed by atoms with E-state index in [1.165, 1.54) is 5.56 Å². The number of hydrogen-bond acceptors (Lipinski definition) is 3. The lowest BCUT2D eigenvalue weighted by Crippen LogP contribution is -2.20. The molecule has 0 saturated heterocycles. The summed E-state index contributed by atoms with van der Waals surface area (Å²) in [6.07, 6.45) is 0. The van der Waals surface area contributed by atoms with Crippen LogP contribution in [0.25, 0.3) is 5.69 Å². The molecule has 1 aromatic heterocycles. The molecule has 1 heterocycles. The van der Waals surface area contributed by atoms with E-state index in [1.807, 2.05) is 80.9 Å². The predicted molar refractivity (Wildman–Crippen MR) is 103 cm³/mol. The number of nitrogens with one attached hydrogen (secondary N) is 1. The maximum Gasteiger partial charge on any atom is 0.262 e. The fourth-order valence-electron chi connectivity index (χ4n) is 2.72. The molecule has 5 nitrogen and oxygen atoms in total. The lowest BCUT2D eigenvalue weighted by Gasteiger charge is -2.09. The van der Waals surface area contributed by atoms with Crippen molar-refractivity contribution in [2.45, 2.75) is 27.7 Å². The summed E-state index contributed by atoms with van der Waals surface area (Å²) in [5.74, 6) is 0.467. The van der Waals surface area contributed by atoms with E-state index in [0.717, 1.165) is 28.3 Å². The maximum absolute atomic E-state index is 12.3. The van der Waals surface area contributed by atoms with Crippen LogP contribution in [-0.2, 0) is 4.79 Å². The van der Waals surface area contributed by atoms with E-state index in [4.69, 9.17) is 4.74 Å². The zero-order chi connectivity index (χ0) is 18.7. The molecule has 0 radical (unpaired) electrons. The van der Waals surface area contributed by atoms with Gasteiger partial charge in [-0.3, -0.25) is 4.79 Å². The second kappa shape index (κ2) is 7.44. The summed E-state index contributed by atoms with van der Waals surface area (Å²) in [7, 11) is 0. The summed E-state index contributed by atoms with van der Waals surface area (Å²) >= 11 is 0. The average molecular weight is 349 g/mol. The van der Waals surface area contributed by atoms with Crippen molar-refractivity contribution < 1.29 is 9.53 Å². The molecule has 0 saturated carbocycles. The molecule has 0 unspecified atom stereocenters. The number of carbonyl (C=O) groups excluding carboxylic acids is 1. The Balaban J connectivity index is 1.70. The van der Waals surface area contributed by atoms with Gasteiger partial charge >= 0.3 is 0 Å². The predicted octanol–water partition coefficient (Wildman–Crippen LogP) is 4.12. The minimum Gasteiger partial charge on any atom is -0.484 e. The largest absolute Gasteiger partial charge is 0.484 e. The first-order chi connectivity index (χ1) is 12.4. The molecule has 3 aromatic rings. The third kappa shape index (κ3) is 3.94. The molecule has 2 aromatic carbocycles. The lowest BCUT2D eigenvalue weighted by atomic mass is 10.2. The molecular formula is C21H23N3O2. The smallest absolute Gasteiger partial charge is 0.262 e. The highest BCUT2D eigenvalue weighted by Gasteiger charge is 2.15. The van der Waals surface area contributed by atoms with Gasteiger partial charge in [0.2, 0.25) is 0 Å². The van der Waals surface area contributed by atoms with E-state index in [2.05, 4.69) is 10.4 Å². The first-order valence-electron chi connectivity index (χ1n) is 8.56. The van der Waals surface area contributed by atoms with Crippen LogP contribution in [0.2, 0.25) is 0 Å². The Morgan fingerprint density at radius 3 is 2.15 bits per heavy atom. The van der Waals surface area contributed by atoms with Gasteiger partial charge in [-0.15, -0.1) is 0 Å². The molecule has 0 aliphatic carbocycles. The number of hydrogen-bond donors (Lipinski definition) is 1. The summed E-state index contributed by atoms with van der Waals surface area (Å²) in [6, 6.07) is 15.7. The molecule has 5 heteroatoms. The number of aromatic nitrogens is 2. The molecule has 0 spiro atoms. The molecule has 0 bridgehead atoms. The standard InChI is InChI=1S/C21H23N3O2/c1-14-5-9-18(10-6-14)24-17(4)21(16(3)23-24)22-20(25)13-26-19-11-7-15(2)8-12-19/h5-12H,13H2,1-4H3,(H,22,25). The van der Waals surface area contributed by atoms with Crippen LogP contribution in [0.4, 0.5) is 5.69 Å². The van der Waals surface area contributed by atoms with Crippen molar-refractivity contribution in [3.63, 3.8) is 0 Å². The molecular weight excluding hydrogens is 326 g/mol. The molecule has 3 rings (SSSR count). The minimum absolute atomic E-state index is 0.0440. The van der Waals surface area contributed by atoms with Gasteiger partial charge in [-0.05, 0) is 52.0 Å². The monoisotopic (exact) mass is 349 g/mol. The van der Waals surface area contributed by atoms with Gasteiger partial charge < -0.3 is 10.1 Å². The Bertz CT molecular complexity index is 910. The number of benzene rings is 2. The summed E-state index contributed by atoms with van der Waals surface area (Å²) in [5, 5.41) is 7.47. The van der Waals surface area contributed by atoms with Crippen molar-refractivity contribution in [3.05, 3.63) is 71.0 Å². The van der Waals surface area contributed by atoms with Gasteiger partial charge in [-0.1, -0.05) is 35.4 Å². The molecule has 134 valence electrons. The van der Waals surface area contributed by atoms with Crippen molar-refractivity contribution in [2.75, 3.05) is 11.9 Å². The normalized spacial score (nSPS) is 10.6. The first kappa shape index (κ1) is 17.7. The third-order valence-corrected chi connectivity index (χ3v) is 4.23. The molecule has 1 amide bonds. The van der Waals surface area contributed by atoms with Gasteiger partial charge in [-0.25, -0.2) is 4.68 Å². The fraction of sp³-hybridized carbons (Fsp3) is 0.238. The topological polar surface area (TPSA) is 56.1 Å². The second-order valence-corrected chi connectivity index (χ2v) is 6.44. The molecule has 0 aliphatic heterocycles.